The predicted octanol–water partition coefficient (Wildman–Crippen LogP) is 3.40. The molecule has 2 aromatic carbocycles. The second-order valence-electron chi connectivity index (χ2n) is 5.34. The van der Waals surface area contributed by atoms with Crippen molar-refractivity contribution in [3.63, 3.8) is 0 Å². The van der Waals surface area contributed by atoms with Crippen LogP contribution in [0.15, 0.2) is 48.5 Å². The Morgan fingerprint density at radius 1 is 1.09 bits per heavy atom. The number of carbonyl (C=O) groups is 1. The lowest BCUT2D eigenvalue weighted by Crippen LogP contribution is -2.08. The number of methoxy groups -OCH3 is 1. The normalized spacial score (nSPS) is 11.0. The molecule has 0 saturated carbocycles. The molecule has 0 aliphatic rings. The maximum atomic E-state index is 12.8. The average Bonchev–Trinajstić information content (AvgIpc) is 2.61. The van der Waals surface area contributed by atoms with Crippen LogP contribution in [0.3, 0.4) is 0 Å². The second-order valence-corrected chi connectivity index (χ2v) is 6.86. The van der Waals surface area contributed by atoms with Crippen molar-refractivity contribution in [1.29, 1.82) is 0 Å². The summed E-state index contributed by atoms with van der Waals surface area (Å²) in [6.07, 6.45) is 1.87. The molecule has 3 nitrogen and oxygen atoms in total. The van der Waals surface area contributed by atoms with Crippen LogP contribution in [0.5, 0.6) is 5.75 Å². The quantitative estimate of drug-likeness (QED) is 0.402. The van der Waals surface area contributed by atoms with E-state index in [0.29, 0.717) is 5.56 Å². The fraction of sp³-hybridized carbons (Fsp3) is 0.316. The van der Waals surface area contributed by atoms with Gasteiger partial charge in [0.15, 0.2) is 15.5 Å². The molecule has 2 aromatic rings. The first-order chi connectivity index (χ1) is 11.3. The van der Waals surface area contributed by atoms with E-state index in [1.54, 1.807) is 7.11 Å². The SMILES string of the molecule is CCO[SiH2]CCCc1c(OC)cccc1C(=O)c1ccccc1. The van der Waals surface area contributed by atoms with Gasteiger partial charge in [0.05, 0.1) is 7.11 Å². The van der Waals surface area contributed by atoms with Gasteiger partial charge in [-0.15, -0.1) is 0 Å². The number of carbonyl (C=O) groups excluding carboxylic acids is 1. The molecule has 0 saturated heterocycles. The minimum absolute atomic E-state index is 0.0570. The Bertz CT molecular complexity index is 626. The van der Waals surface area contributed by atoms with E-state index < -0.39 is 9.76 Å². The molecule has 2 rings (SSSR count). The Morgan fingerprint density at radius 3 is 2.57 bits per heavy atom. The van der Waals surface area contributed by atoms with Gasteiger partial charge in [-0.2, -0.15) is 0 Å². The molecule has 0 unspecified atom stereocenters. The fourth-order valence-electron chi connectivity index (χ4n) is 2.62. The van der Waals surface area contributed by atoms with Crippen LogP contribution in [-0.2, 0) is 10.8 Å². The third kappa shape index (κ3) is 4.78. The molecule has 0 bridgehead atoms. The minimum atomic E-state index is -0.431. The minimum Gasteiger partial charge on any atom is -0.496 e. The van der Waals surface area contributed by atoms with Crippen LogP contribution in [0.25, 0.3) is 0 Å². The Kier molecular flexibility index (Phi) is 7.03. The molecule has 0 heterocycles. The number of benzene rings is 2. The van der Waals surface area contributed by atoms with Gasteiger partial charge in [-0.05, 0) is 31.9 Å². The molecule has 0 aromatic heterocycles. The first-order valence-corrected chi connectivity index (χ1v) is 9.69. The highest BCUT2D eigenvalue weighted by atomic mass is 28.2. The van der Waals surface area contributed by atoms with E-state index in [1.165, 1.54) is 0 Å². The maximum Gasteiger partial charge on any atom is 0.193 e. The molecular formula is C19H24O3Si. The second kappa shape index (κ2) is 9.28. The topological polar surface area (TPSA) is 35.5 Å². The van der Waals surface area contributed by atoms with Crippen LogP contribution in [0.4, 0.5) is 0 Å². The van der Waals surface area contributed by atoms with Crippen LogP contribution >= 0.6 is 0 Å². The number of ketones is 1. The summed E-state index contributed by atoms with van der Waals surface area (Å²) >= 11 is 0. The molecule has 0 aliphatic heterocycles. The first-order valence-electron chi connectivity index (χ1n) is 8.11. The van der Waals surface area contributed by atoms with Crippen molar-refractivity contribution in [3.05, 3.63) is 65.2 Å². The zero-order valence-electron chi connectivity index (χ0n) is 13.9. The highest BCUT2D eigenvalue weighted by Crippen LogP contribution is 2.26. The van der Waals surface area contributed by atoms with Crippen LogP contribution < -0.4 is 4.74 Å². The molecule has 0 aliphatic carbocycles. The van der Waals surface area contributed by atoms with Gasteiger partial charge < -0.3 is 9.16 Å². The molecule has 0 fully saturated rings. The number of ether oxygens (including phenoxy) is 1. The number of hydrogen-bond acceptors (Lipinski definition) is 3. The standard InChI is InChI=1S/C19H24O3Si/c1-3-22-23-14-8-12-16-17(11-7-13-18(16)21-2)19(20)15-9-5-4-6-10-15/h4-7,9-11,13H,3,8,12,14,23H2,1-2H3. The highest BCUT2D eigenvalue weighted by Gasteiger charge is 2.16. The smallest absolute Gasteiger partial charge is 0.193 e. The fourth-order valence-corrected chi connectivity index (χ4v) is 3.57. The van der Waals surface area contributed by atoms with E-state index in [9.17, 15) is 4.79 Å². The average molecular weight is 328 g/mol. The third-order valence-electron chi connectivity index (χ3n) is 3.80. The van der Waals surface area contributed by atoms with E-state index in [4.69, 9.17) is 9.16 Å². The summed E-state index contributed by atoms with van der Waals surface area (Å²) in [6, 6.07) is 16.2. The lowest BCUT2D eigenvalue weighted by molar-refractivity contribution is 0.103. The Hall–Kier alpha value is -1.91. The third-order valence-corrected chi connectivity index (χ3v) is 5.29. The van der Waals surface area contributed by atoms with Gasteiger partial charge in [-0.25, -0.2) is 0 Å². The van der Waals surface area contributed by atoms with Gasteiger partial charge in [0.1, 0.15) is 5.75 Å². The molecule has 122 valence electrons. The number of rotatable bonds is 9. The summed E-state index contributed by atoms with van der Waals surface area (Å²) in [5, 5.41) is 0. The Labute approximate surface area is 140 Å². The van der Waals surface area contributed by atoms with Crippen LogP contribution in [0.2, 0.25) is 6.04 Å². The summed E-state index contributed by atoms with van der Waals surface area (Å²) in [4.78, 5) is 12.8. The lowest BCUT2D eigenvalue weighted by Gasteiger charge is -2.13. The summed E-state index contributed by atoms with van der Waals surface area (Å²) in [5.41, 5.74) is 2.47. The Morgan fingerprint density at radius 2 is 1.87 bits per heavy atom. The lowest BCUT2D eigenvalue weighted by atomic mass is 9.95. The maximum absolute atomic E-state index is 12.8. The van der Waals surface area contributed by atoms with E-state index in [2.05, 4.69) is 0 Å². The van der Waals surface area contributed by atoms with Crippen LogP contribution in [0, 0.1) is 0 Å². The summed E-state index contributed by atoms with van der Waals surface area (Å²) < 4.78 is 11.0. The molecule has 0 spiro atoms. The molecule has 0 radical (unpaired) electrons. The van der Waals surface area contributed by atoms with Crippen molar-refractivity contribution in [1.82, 2.24) is 0 Å². The van der Waals surface area contributed by atoms with Gasteiger partial charge in [0.2, 0.25) is 0 Å². The van der Waals surface area contributed by atoms with Gasteiger partial charge in [-0.1, -0.05) is 42.5 Å². The molecule has 0 N–H and O–H groups in total. The molecule has 0 amide bonds. The summed E-state index contributed by atoms with van der Waals surface area (Å²) in [5.74, 6) is 0.853. The molecular weight excluding hydrogens is 304 g/mol. The Balaban J connectivity index is 2.20. The first kappa shape index (κ1) is 17.4. The largest absolute Gasteiger partial charge is 0.496 e. The highest BCUT2D eigenvalue weighted by molar-refractivity contribution is 6.26. The van der Waals surface area contributed by atoms with Crippen molar-refractivity contribution in [3.8, 4) is 5.75 Å². The summed E-state index contributed by atoms with van der Waals surface area (Å²) in [6.45, 7) is 2.84. The van der Waals surface area contributed by atoms with Crippen molar-refractivity contribution in [2.75, 3.05) is 13.7 Å². The van der Waals surface area contributed by atoms with Gasteiger partial charge in [0, 0.05) is 23.3 Å². The zero-order valence-corrected chi connectivity index (χ0v) is 15.3. The van der Waals surface area contributed by atoms with Crippen LogP contribution in [0.1, 0.15) is 34.8 Å². The number of hydrogen-bond donors (Lipinski definition) is 0. The zero-order chi connectivity index (χ0) is 16.5. The van der Waals surface area contributed by atoms with Crippen molar-refractivity contribution < 1.29 is 14.0 Å². The monoisotopic (exact) mass is 328 g/mol. The van der Waals surface area contributed by atoms with Crippen molar-refractivity contribution >= 4 is 15.5 Å². The molecule has 4 heteroatoms. The van der Waals surface area contributed by atoms with E-state index in [-0.39, 0.29) is 5.78 Å². The molecule has 0 atom stereocenters. The predicted molar refractivity (Wildman–Crippen MR) is 96.2 cm³/mol. The van der Waals surface area contributed by atoms with Gasteiger partial charge >= 0.3 is 0 Å². The van der Waals surface area contributed by atoms with Crippen molar-refractivity contribution in [2.24, 2.45) is 0 Å². The molecule has 23 heavy (non-hydrogen) atoms. The summed E-state index contributed by atoms with van der Waals surface area (Å²) in [7, 11) is 1.23. The van der Waals surface area contributed by atoms with E-state index >= 15 is 0 Å². The van der Waals surface area contributed by atoms with Crippen molar-refractivity contribution in [2.45, 2.75) is 25.8 Å². The van der Waals surface area contributed by atoms with Gasteiger partial charge in [0.25, 0.3) is 0 Å². The van der Waals surface area contributed by atoms with E-state index in [1.807, 2.05) is 55.5 Å². The van der Waals surface area contributed by atoms with Crippen LogP contribution in [-0.4, -0.2) is 29.3 Å². The van der Waals surface area contributed by atoms with Gasteiger partial charge in [-0.3, -0.25) is 4.79 Å². The van der Waals surface area contributed by atoms with E-state index in [0.717, 1.165) is 42.4 Å².